The predicted octanol–water partition coefficient (Wildman–Crippen LogP) is 1.23. The van der Waals surface area contributed by atoms with Crippen molar-refractivity contribution in [3.05, 3.63) is 35.0 Å². The van der Waals surface area contributed by atoms with Crippen molar-refractivity contribution in [3.63, 3.8) is 0 Å². The topological polar surface area (TPSA) is 103 Å². The smallest absolute Gasteiger partial charge is 0.268 e. The Morgan fingerprint density at radius 2 is 1.81 bits per heavy atom. The average molecular weight is 393 g/mol. The zero-order chi connectivity index (χ0) is 20.3. The summed E-state index contributed by atoms with van der Waals surface area (Å²) in [7, 11) is 1.74. The van der Waals surface area contributed by atoms with Gasteiger partial charge in [-0.25, -0.2) is 0 Å². The van der Waals surface area contributed by atoms with Crippen LogP contribution in [0.25, 0.3) is 10.9 Å². The van der Waals surface area contributed by atoms with Gasteiger partial charge in [0, 0.05) is 23.0 Å². The molecule has 2 rings (SSSR count). The highest BCUT2D eigenvalue weighted by Gasteiger charge is 2.22. The van der Waals surface area contributed by atoms with Crippen LogP contribution in [0.1, 0.15) is 37.7 Å². The van der Waals surface area contributed by atoms with Gasteiger partial charge in [-0.3, -0.25) is 9.59 Å². The maximum Gasteiger partial charge on any atom is 0.268 e. The van der Waals surface area contributed by atoms with Gasteiger partial charge in [0.05, 0.1) is 12.0 Å². The number of nitrogens with one attached hydrogen (secondary N) is 2. The molecule has 2 atom stereocenters. The number of hydrogen-bond donors (Lipinski definition) is 2. The molecule has 0 fully saturated rings. The van der Waals surface area contributed by atoms with Gasteiger partial charge in [0.2, 0.25) is 5.91 Å². The molecule has 0 unspecified atom stereocenters. The lowest BCUT2D eigenvalue weighted by Crippen LogP contribution is -2.54. The van der Waals surface area contributed by atoms with Crippen molar-refractivity contribution in [2.45, 2.75) is 39.3 Å². The number of halogens is 1. The van der Waals surface area contributed by atoms with Gasteiger partial charge in [0.15, 0.2) is 0 Å². The van der Waals surface area contributed by atoms with Crippen molar-refractivity contribution in [1.29, 1.82) is 0 Å². The molecule has 0 spiro atoms. The third-order valence-corrected chi connectivity index (χ3v) is 4.52. The molecule has 0 saturated carbocycles. The van der Waals surface area contributed by atoms with E-state index in [1.807, 2.05) is 13.8 Å². The van der Waals surface area contributed by atoms with Gasteiger partial charge in [-0.15, -0.1) is 0 Å². The fraction of sp³-hybridized carbons (Fsp3) is 0.421. The van der Waals surface area contributed by atoms with Gasteiger partial charge >= 0.3 is 0 Å². The Bertz CT molecular complexity index is 875. The van der Waals surface area contributed by atoms with Crippen LogP contribution in [-0.4, -0.2) is 34.4 Å². The largest absolute Gasteiger partial charge is 0.548 e. The summed E-state index contributed by atoms with van der Waals surface area (Å²) < 4.78 is 1.70. The monoisotopic (exact) mass is 392 g/mol. The molecule has 0 aliphatic rings. The Labute approximate surface area is 162 Å². The van der Waals surface area contributed by atoms with E-state index in [9.17, 15) is 19.5 Å². The number of carbonyl (C=O) groups excluding carboxylic acids is 3. The molecule has 2 N–H and O–H groups in total. The number of hydrogen-bond acceptors (Lipinski definition) is 4. The maximum absolute atomic E-state index is 12.6. The first kappa shape index (κ1) is 20.8. The molecule has 1 heterocycles. The third-order valence-electron chi connectivity index (χ3n) is 4.29. The number of rotatable bonds is 7. The van der Waals surface area contributed by atoms with Crippen molar-refractivity contribution in [2.24, 2.45) is 13.0 Å². The van der Waals surface area contributed by atoms with Crippen LogP contribution in [0.4, 0.5) is 0 Å². The second kappa shape index (κ2) is 8.43. The van der Waals surface area contributed by atoms with Gasteiger partial charge in [-0.05, 0) is 43.5 Å². The lowest BCUT2D eigenvalue weighted by Gasteiger charge is -2.23. The molecule has 2 amide bonds. The van der Waals surface area contributed by atoms with Crippen molar-refractivity contribution in [1.82, 2.24) is 15.2 Å². The molecule has 1 aromatic heterocycles. The number of nitrogens with zero attached hydrogens (tertiary/aromatic N) is 1. The van der Waals surface area contributed by atoms with E-state index in [0.29, 0.717) is 10.7 Å². The molecule has 0 radical (unpaired) electrons. The van der Waals surface area contributed by atoms with E-state index in [0.717, 1.165) is 10.9 Å². The lowest BCUT2D eigenvalue weighted by atomic mass is 10.0. The summed E-state index contributed by atoms with van der Waals surface area (Å²) >= 11 is 5.98. The van der Waals surface area contributed by atoms with Crippen LogP contribution in [0.15, 0.2) is 24.3 Å². The number of amides is 2. The molecular formula is C19H23ClN3O4-. The number of benzene rings is 1. The molecule has 0 aliphatic carbocycles. The van der Waals surface area contributed by atoms with Gasteiger partial charge in [-0.1, -0.05) is 25.4 Å². The Morgan fingerprint density at radius 3 is 2.41 bits per heavy atom. The molecular weight excluding hydrogens is 370 g/mol. The van der Waals surface area contributed by atoms with E-state index in [1.165, 1.54) is 6.92 Å². The number of aliphatic carboxylic acids is 1. The van der Waals surface area contributed by atoms with Gasteiger partial charge < -0.3 is 25.1 Å². The normalized spacial score (nSPS) is 13.4. The summed E-state index contributed by atoms with van der Waals surface area (Å²) in [6.45, 7) is 5.19. The standard InChI is InChI=1S/C19H24ClN3O4/c1-10(2)7-14(19(26)27)22-17(24)11(3)21-18(25)16-9-12-8-13(20)5-6-15(12)23(16)4/h5-6,8-11,14H,7H2,1-4H3,(H,21,25)(H,22,24)(H,26,27)/p-1/t11-,14-/m0/s1. The summed E-state index contributed by atoms with van der Waals surface area (Å²) in [5.41, 5.74) is 1.20. The van der Waals surface area contributed by atoms with E-state index in [1.54, 1.807) is 35.9 Å². The zero-order valence-electron chi connectivity index (χ0n) is 15.7. The SMILES string of the molecule is CC(C)C[C@H](NC(=O)[C@H](C)NC(=O)c1cc2cc(Cl)ccc2n1C)C(=O)[O-]. The molecule has 7 nitrogen and oxygen atoms in total. The summed E-state index contributed by atoms with van der Waals surface area (Å²) in [4.78, 5) is 36.0. The second-order valence-electron chi connectivity index (χ2n) is 7.00. The van der Waals surface area contributed by atoms with Crippen LogP contribution in [-0.2, 0) is 16.6 Å². The number of carbonyl (C=O) groups is 3. The Morgan fingerprint density at radius 1 is 1.15 bits per heavy atom. The number of aryl methyl sites for hydroxylation is 1. The Hall–Kier alpha value is -2.54. The molecule has 0 aliphatic heterocycles. The minimum atomic E-state index is -1.35. The van der Waals surface area contributed by atoms with Crippen LogP contribution < -0.4 is 15.7 Å². The van der Waals surface area contributed by atoms with Crippen LogP contribution in [0.2, 0.25) is 5.02 Å². The van der Waals surface area contributed by atoms with Crippen LogP contribution in [0, 0.1) is 5.92 Å². The first-order valence-corrected chi connectivity index (χ1v) is 9.05. The quantitative estimate of drug-likeness (QED) is 0.739. The van der Waals surface area contributed by atoms with Crippen molar-refractivity contribution < 1.29 is 19.5 Å². The highest BCUT2D eigenvalue weighted by Crippen LogP contribution is 2.22. The zero-order valence-corrected chi connectivity index (χ0v) is 16.5. The van der Waals surface area contributed by atoms with Gasteiger partial charge in [0.25, 0.3) is 5.91 Å². The third kappa shape index (κ3) is 5.01. The lowest BCUT2D eigenvalue weighted by molar-refractivity contribution is -0.308. The fourth-order valence-corrected chi connectivity index (χ4v) is 3.04. The number of fused-ring (bicyclic) bond motifs is 1. The van der Waals surface area contributed by atoms with Crippen molar-refractivity contribution in [2.75, 3.05) is 0 Å². The Balaban J connectivity index is 2.09. The first-order chi connectivity index (χ1) is 12.6. The van der Waals surface area contributed by atoms with E-state index in [-0.39, 0.29) is 12.3 Å². The van der Waals surface area contributed by atoms with Crippen molar-refractivity contribution in [3.8, 4) is 0 Å². The maximum atomic E-state index is 12.6. The molecule has 0 bridgehead atoms. The first-order valence-electron chi connectivity index (χ1n) is 8.67. The molecule has 27 heavy (non-hydrogen) atoms. The highest BCUT2D eigenvalue weighted by atomic mass is 35.5. The highest BCUT2D eigenvalue weighted by molar-refractivity contribution is 6.31. The molecule has 1 aromatic carbocycles. The van der Waals surface area contributed by atoms with Gasteiger partial charge in [0.1, 0.15) is 11.7 Å². The van der Waals surface area contributed by atoms with E-state index >= 15 is 0 Å². The van der Waals surface area contributed by atoms with Gasteiger partial charge in [-0.2, -0.15) is 0 Å². The molecule has 146 valence electrons. The van der Waals surface area contributed by atoms with E-state index in [2.05, 4.69) is 10.6 Å². The summed E-state index contributed by atoms with van der Waals surface area (Å²) in [6.07, 6.45) is 0.249. The second-order valence-corrected chi connectivity index (χ2v) is 7.43. The average Bonchev–Trinajstić information content (AvgIpc) is 2.89. The minimum Gasteiger partial charge on any atom is -0.548 e. The summed E-state index contributed by atoms with van der Waals surface area (Å²) in [5, 5.41) is 17.6. The number of carboxylic acid groups (broad SMARTS) is 1. The van der Waals surface area contributed by atoms with E-state index in [4.69, 9.17) is 11.6 Å². The number of carboxylic acids is 1. The number of aromatic nitrogens is 1. The predicted molar refractivity (Wildman–Crippen MR) is 101 cm³/mol. The molecule has 0 saturated heterocycles. The molecule has 8 heteroatoms. The van der Waals surface area contributed by atoms with Crippen LogP contribution in [0.5, 0.6) is 0 Å². The Kier molecular flexibility index (Phi) is 6.49. The minimum absolute atomic E-state index is 0.0701. The summed E-state index contributed by atoms with van der Waals surface area (Å²) in [6, 6.07) is 4.96. The van der Waals surface area contributed by atoms with E-state index < -0.39 is 29.9 Å². The summed E-state index contributed by atoms with van der Waals surface area (Å²) in [5.74, 6) is -2.30. The fourth-order valence-electron chi connectivity index (χ4n) is 2.86. The van der Waals surface area contributed by atoms with Crippen LogP contribution in [0.3, 0.4) is 0 Å². The van der Waals surface area contributed by atoms with Crippen LogP contribution >= 0.6 is 11.6 Å². The van der Waals surface area contributed by atoms with Crippen molar-refractivity contribution >= 4 is 40.3 Å². The molecule has 2 aromatic rings.